The van der Waals surface area contributed by atoms with Gasteiger partial charge >= 0.3 is 0 Å². The second-order valence-corrected chi connectivity index (χ2v) is 7.56. The van der Waals surface area contributed by atoms with Crippen molar-refractivity contribution >= 4 is 22.9 Å². The van der Waals surface area contributed by atoms with E-state index in [1.54, 1.807) is 18.2 Å². The molecule has 0 fully saturated rings. The van der Waals surface area contributed by atoms with Gasteiger partial charge in [0.15, 0.2) is 11.0 Å². The number of amides is 1. The standard InChI is InChI=1S/C18H19N3O3S/c1-18(2)15(25(23)21-17(20)24-18)12-8-6-11(7-9-12)13-4-3-5-14(10-13)16(19)22/h3-10,15H,1-2H3,(H2,19,22)(H2,20,21). The lowest BCUT2D eigenvalue weighted by atomic mass is 9.95. The molecule has 130 valence electrons. The van der Waals surface area contributed by atoms with Gasteiger partial charge in [-0.15, -0.1) is 4.40 Å². The molecular formula is C18H19N3O3S. The second kappa shape index (κ2) is 6.33. The van der Waals surface area contributed by atoms with Crippen LogP contribution in [0.1, 0.15) is 35.0 Å². The van der Waals surface area contributed by atoms with Crippen LogP contribution < -0.4 is 11.5 Å². The van der Waals surface area contributed by atoms with Gasteiger partial charge in [-0.05, 0) is 42.7 Å². The minimum atomic E-state index is -1.51. The molecule has 2 aromatic carbocycles. The molecule has 1 heterocycles. The summed E-state index contributed by atoms with van der Waals surface area (Å²) < 4.78 is 21.8. The third-order valence-electron chi connectivity index (χ3n) is 4.07. The van der Waals surface area contributed by atoms with E-state index in [-0.39, 0.29) is 6.02 Å². The van der Waals surface area contributed by atoms with Gasteiger partial charge in [-0.2, -0.15) is 0 Å². The van der Waals surface area contributed by atoms with E-state index in [0.717, 1.165) is 16.7 Å². The molecule has 0 aliphatic carbocycles. The van der Waals surface area contributed by atoms with Crippen LogP contribution in [0.4, 0.5) is 0 Å². The van der Waals surface area contributed by atoms with Crippen LogP contribution in [0.3, 0.4) is 0 Å². The van der Waals surface area contributed by atoms with E-state index in [4.69, 9.17) is 16.2 Å². The normalized spacial score (nSPS) is 21.9. The summed E-state index contributed by atoms with van der Waals surface area (Å²) in [5, 5.41) is -0.425. The first-order valence-electron chi connectivity index (χ1n) is 7.72. The van der Waals surface area contributed by atoms with Crippen LogP contribution >= 0.6 is 0 Å². The number of rotatable bonds is 3. The highest BCUT2D eigenvalue weighted by atomic mass is 32.2. The Hall–Kier alpha value is -2.67. The lowest BCUT2D eigenvalue weighted by Gasteiger charge is -2.35. The van der Waals surface area contributed by atoms with Gasteiger partial charge in [-0.3, -0.25) is 4.79 Å². The maximum absolute atomic E-state index is 12.4. The van der Waals surface area contributed by atoms with Crippen LogP contribution in [0.25, 0.3) is 11.1 Å². The maximum Gasteiger partial charge on any atom is 0.296 e. The van der Waals surface area contributed by atoms with Crippen molar-refractivity contribution in [1.29, 1.82) is 0 Å². The largest absolute Gasteiger partial charge is 0.457 e. The van der Waals surface area contributed by atoms with Crippen LogP contribution in [0, 0.1) is 0 Å². The Balaban J connectivity index is 1.94. The van der Waals surface area contributed by atoms with E-state index in [2.05, 4.69) is 4.40 Å². The predicted octanol–water partition coefficient (Wildman–Crippen LogP) is 2.28. The summed E-state index contributed by atoms with van der Waals surface area (Å²) in [5.74, 6) is -0.467. The van der Waals surface area contributed by atoms with Crippen LogP contribution in [-0.2, 0) is 15.7 Å². The van der Waals surface area contributed by atoms with Gasteiger partial charge in [0.25, 0.3) is 6.02 Å². The van der Waals surface area contributed by atoms with Crippen molar-refractivity contribution in [2.45, 2.75) is 24.7 Å². The molecule has 2 aromatic rings. The van der Waals surface area contributed by atoms with Crippen LogP contribution in [0.15, 0.2) is 52.9 Å². The molecule has 0 saturated heterocycles. The van der Waals surface area contributed by atoms with Crippen LogP contribution in [0.2, 0.25) is 0 Å². The molecule has 0 spiro atoms. The predicted molar refractivity (Wildman–Crippen MR) is 98.1 cm³/mol. The van der Waals surface area contributed by atoms with Crippen molar-refractivity contribution < 1.29 is 13.7 Å². The van der Waals surface area contributed by atoms with Gasteiger partial charge in [-0.25, -0.2) is 4.21 Å². The molecule has 2 atom stereocenters. The number of hydrogen-bond donors (Lipinski definition) is 2. The number of nitrogens with two attached hydrogens (primary N) is 2. The number of primary amides is 1. The summed E-state index contributed by atoms with van der Waals surface area (Å²) in [5.41, 5.74) is 13.3. The van der Waals surface area contributed by atoms with Crippen LogP contribution in [0.5, 0.6) is 0 Å². The molecule has 0 saturated carbocycles. The minimum Gasteiger partial charge on any atom is -0.457 e. The summed E-state index contributed by atoms with van der Waals surface area (Å²) in [4.78, 5) is 11.3. The zero-order valence-corrected chi connectivity index (χ0v) is 14.7. The van der Waals surface area contributed by atoms with E-state index >= 15 is 0 Å². The maximum atomic E-state index is 12.4. The molecule has 7 heteroatoms. The Morgan fingerprint density at radius 3 is 2.44 bits per heavy atom. The van der Waals surface area contributed by atoms with Gasteiger partial charge in [0, 0.05) is 5.56 Å². The number of carbonyl (C=O) groups is 1. The van der Waals surface area contributed by atoms with Crippen molar-refractivity contribution in [3.8, 4) is 11.1 Å². The Bertz CT molecular complexity index is 875. The zero-order valence-electron chi connectivity index (χ0n) is 13.9. The molecule has 0 radical (unpaired) electrons. The second-order valence-electron chi connectivity index (χ2n) is 6.36. The average molecular weight is 357 g/mol. The highest BCUT2D eigenvalue weighted by Gasteiger charge is 2.41. The summed E-state index contributed by atoms with van der Waals surface area (Å²) in [6.45, 7) is 3.67. The van der Waals surface area contributed by atoms with E-state index in [1.165, 1.54) is 0 Å². The number of ether oxygens (including phenoxy) is 1. The van der Waals surface area contributed by atoms with Gasteiger partial charge < -0.3 is 16.2 Å². The molecule has 25 heavy (non-hydrogen) atoms. The van der Waals surface area contributed by atoms with Crippen molar-refractivity contribution in [3.05, 3.63) is 59.7 Å². The van der Waals surface area contributed by atoms with Crippen molar-refractivity contribution in [2.24, 2.45) is 15.9 Å². The average Bonchev–Trinajstić information content (AvgIpc) is 2.53. The summed E-state index contributed by atoms with van der Waals surface area (Å²) >= 11 is 0. The smallest absolute Gasteiger partial charge is 0.296 e. The molecule has 2 unspecified atom stereocenters. The van der Waals surface area contributed by atoms with Crippen molar-refractivity contribution in [2.75, 3.05) is 0 Å². The highest BCUT2D eigenvalue weighted by Crippen LogP contribution is 2.38. The Morgan fingerprint density at radius 2 is 1.84 bits per heavy atom. The topological polar surface area (TPSA) is 108 Å². The first-order chi connectivity index (χ1) is 11.8. The molecule has 3 rings (SSSR count). The highest BCUT2D eigenvalue weighted by molar-refractivity contribution is 7.84. The van der Waals surface area contributed by atoms with E-state index in [0.29, 0.717) is 5.56 Å². The number of benzene rings is 2. The number of carbonyl (C=O) groups excluding carboxylic acids is 1. The van der Waals surface area contributed by atoms with Gasteiger partial charge in [-0.1, -0.05) is 36.4 Å². The Kier molecular flexibility index (Phi) is 4.34. The minimum absolute atomic E-state index is 0.0560. The fourth-order valence-electron chi connectivity index (χ4n) is 2.95. The quantitative estimate of drug-likeness (QED) is 0.878. The molecule has 0 bridgehead atoms. The van der Waals surface area contributed by atoms with E-state index in [9.17, 15) is 9.00 Å². The molecule has 1 amide bonds. The summed E-state index contributed by atoms with van der Waals surface area (Å²) in [7, 11) is -1.51. The van der Waals surface area contributed by atoms with E-state index < -0.39 is 27.7 Å². The van der Waals surface area contributed by atoms with E-state index in [1.807, 2.05) is 44.2 Å². The Labute approximate surface area is 148 Å². The third-order valence-corrected chi connectivity index (χ3v) is 5.68. The lowest BCUT2D eigenvalue weighted by molar-refractivity contribution is 0.0848. The van der Waals surface area contributed by atoms with Gasteiger partial charge in [0.1, 0.15) is 10.9 Å². The van der Waals surface area contributed by atoms with Crippen molar-refractivity contribution in [3.63, 3.8) is 0 Å². The summed E-state index contributed by atoms with van der Waals surface area (Å²) in [6, 6.07) is 14.6. The number of hydrogen-bond acceptors (Lipinski definition) is 4. The zero-order chi connectivity index (χ0) is 18.2. The molecular weight excluding hydrogens is 338 g/mol. The Morgan fingerprint density at radius 1 is 1.16 bits per heavy atom. The monoisotopic (exact) mass is 357 g/mol. The van der Waals surface area contributed by atoms with Gasteiger partial charge in [0.2, 0.25) is 5.91 Å². The third kappa shape index (κ3) is 3.41. The summed E-state index contributed by atoms with van der Waals surface area (Å²) in [6.07, 6.45) is 0. The fourth-order valence-corrected chi connectivity index (χ4v) is 4.19. The molecule has 0 aromatic heterocycles. The molecule has 1 aliphatic heterocycles. The first kappa shape index (κ1) is 17.2. The first-order valence-corrected chi connectivity index (χ1v) is 8.89. The molecule has 1 aliphatic rings. The fraction of sp³-hybridized carbons (Fsp3) is 0.222. The lowest BCUT2D eigenvalue weighted by Crippen LogP contribution is -2.43. The number of amidine groups is 1. The molecule has 4 N–H and O–H groups in total. The van der Waals surface area contributed by atoms with Crippen LogP contribution in [-0.4, -0.2) is 21.7 Å². The van der Waals surface area contributed by atoms with Crippen molar-refractivity contribution in [1.82, 2.24) is 0 Å². The molecule has 6 nitrogen and oxygen atoms in total. The SMILES string of the molecule is CC1(C)OC(N)=NS(=O)C1c1ccc(-c2cccc(C(N)=O)c2)cc1. The number of nitrogens with zero attached hydrogens (tertiary/aromatic N) is 1. The van der Waals surface area contributed by atoms with Gasteiger partial charge in [0.05, 0.1) is 0 Å².